The Labute approximate surface area is 160 Å². The van der Waals surface area contributed by atoms with Gasteiger partial charge in [0.1, 0.15) is 0 Å². The van der Waals surface area contributed by atoms with Gasteiger partial charge in [-0.05, 0) is 49.6 Å². The van der Waals surface area contributed by atoms with Crippen LogP contribution < -0.4 is 5.32 Å². The van der Waals surface area contributed by atoms with E-state index in [1.165, 1.54) is 11.4 Å². The van der Waals surface area contributed by atoms with Crippen LogP contribution in [0.15, 0.2) is 41.3 Å². The van der Waals surface area contributed by atoms with Gasteiger partial charge in [0.25, 0.3) is 0 Å². The zero-order valence-corrected chi connectivity index (χ0v) is 16.9. The molecule has 2 rings (SSSR count). The number of nitrogens with one attached hydrogen (secondary N) is 1. The first-order valence-electron chi connectivity index (χ1n) is 8.18. The number of aryl methyl sites for hydroxylation is 3. The van der Waals surface area contributed by atoms with Crippen LogP contribution in [0.5, 0.6) is 0 Å². The molecule has 0 bridgehead atoms. The molecular formula is C19H23ClN2O3S. The number of sulfonamides is 1. The highest BCUT2D eigenvalue weighted by molar-refractivity contribution is 7.89. The monoisotopic (exact) mass is 394 g/mol. The van der Waals surface area contributed by atoms with Crippen molar-refractivity contribution in [1.82, 2.24) is 9.62 Å². The summed E-state index contributed by atoms with van der Waals surface area (Å²) in [6, 6.07) is 10.6. The van der Waals surface area contributed by atoms with Gasteiger partial charge in [-0.15, -0.1) is 0 Å². The van der Waals surface area contributed by atoms with E-state index < -0.39 is 10.0 Å². The zero-order valence-electron chi connectivity index (χ0n) is 15.3. The van der Waals surface area contributed by atoms with Crippen molar-refractivity contribution in [2.24, 2.45) is 0 Å². The molecule has 1 amide bonds. The number of benzene rings is 2. The summed E-state index contributed by atoms with van der Waals surface area (Å²) in [4.78, 5) is 12.2. The molecule has 5 nitrogen and oxygen atoms in total. The summed E-state index contributed by atoms with van der Waals surface area (Å²) in [5.74, 6) is -0.370. The summed E-state index contributed by atoms with van der Waals surface area (Å²) in [7, 11) is -2.37. The molecule has 0 radical (unpaired) electrons. The van der Waals surface area contributed by atoms with Crippen LogP contribution in [-0.2, 0) is 21.4 Å². The highest BCUT2D eigenvalue weighted by atomic mass is 35.5. The lowest BCUT2D eigenvalue weighted by Crippen LogP contribution is -2.39. The predicted molar refractivity (Wildman–Crippen MR) is 104 cm³/mol. The first kappa shape index (κ1) is 20.4. The first-order valence-corrected chi connectivity index (χ1v) is 10.00. The van der Waals surface area contributed by atoms with E-state index in [-0.39, 0.29) is 23.9 Å². The Kier molecular flexibility index (Phi) is 6.44. The van der Waals surface area contributed by atoms with Crippen LogP contribution in [-0.4, -0.2) is 32.2 Å². The van der Waals surface area contributed by atoms with Gasteiger partial charge >= 0.3 is 0 Å². The van der Waals surface area contributed by atoms with Gasteiger partial charge in [-0.25, -0.2) is 8.42 Å². The van der Waals surface area contributed by atoms with E-state index in [0.717, 1.165) is 11.1 Å². The Balaban J connectivity index is 2.49. The van der Waals surface area contributed by atoms with Crippen LogP contribution in [0.4, 0.5) is 0 Å². The van der Waals surface area contributed by atoms with Gasteiger partial charge in [-0.3, -0.25) is 4.79 Å². The number of halogens is 1. The number of likely N-dealkylation sites (N-methyl/N-ethyl adjacent to an activating group) is 1. The Morgan fingerprint density at radius 1 is 1.08 bits per heavy atom. The second-order valence-electron chi connectivity index (χ2n) is 6.30. The summed E-state index contributed by atoms with van der Waals surface area (Å²) in [5, 5.41) is 3.06. The molecule has 0 aromatic heterocycles. The fourth-order valence-corrected chi connectivity index (χ4v) is 4.88. The molecule has 0 saturated heterocycles. The minimum atomic E-state index is -3.85. The second-order valence-corrected chi connectivity index (χ2v) is 8.61. The van der Waals surface area contributed by atoms with Crippen LogP contribution >= 0.6 is 11.6 Å². The van der Waals surface area contributed by atoms with E-state index in [4.69, 9.17) is 11.6 Å². The molecule has 2 aromatic carbocycles. The Hall–Kier alpha value is -1.89. The fourth-order valence-electron chi connectivity index (χ4n) is 2.96. The molecule has 1 N–H and O–H groups in total. The number of hydrogen-bond donors (Lipinski definition) is 1. The van der Waals surface area contributed by atoms with Crippen molar-refractivity contribution in [1.29, 1.82) is 0 Å². The third kappa shape index (κ3) is 4.63. The van der Waals surface area contributed by atoms with Crippen molar-refractivity contribution in [3.05, 3.63) is 63.7 Å². The van der Waals surface area contributed by atoms with Gasteiger partial charge in [0.15, 0.2) is 0 Å². The minimum absolute atomic E-state index is 0.0830. The summed E-state index contributed by atoms with van der Waals surface area (Å²) in [6.45, 7) is 5.29. The van der Waals surface area contributed by atoms with Crippen LogP contribution in [0.3, 0.4) is 0 Å². The predicted octanol–water partition coefficient (Wildman–Crippen LogP) is 3.20. The first-order chi connectivity index (χ1) is 12.1. The van der Waals surface area contributed by atoms with Gasteiger partial charge in [0.05, 0.1) is 11.4 Å². The molecule has 0 saturated carbocycles. The van der Waals surface area contributed by atoms with Gasteiger partial charge < -0.3 is 5.32 Å². The van der Waals surface area contributed by atoms with Crippen molar-refractivity contribution in [2.75, 3.05) is 13.6 Å². The molecule has 0 aliphatic heterocycles. The van der Waals surface area contributed by atoms with Crippen LogP contribution in [0, 0.1) is 20.8 Å². The van der Waals surface area contributed by atoms with Gasteiger partial charge in [0, 0.05) is 18.6 Å². The number of hydrogen-bond acceptors (Lipinski definition) is 3. The molecule has 0 spiro atoms. The van der Waals surface area contributed by atoms with Crippen LogP contribution in [0.1, 0.15) is 22.3 Å². The van der Waals surface area contributed by atoms with Crippen molar-refractivity contribution in [2.45, 2.75) is 32.2 Å². The average Bonchev–Trinajstić information content (AvgIpc) is 2.54. The van der Waals surface area contributed by atoms with E-state index in [1.807, 2.05) is 19.1 Å². The highest BCUT2D eigenvalue weighted by Crippen LogP contribution is 2.26. The molecular weight excluding hydrogens is 372 g/mol. The molecule has 0 unspecified atom stereocenters. The lowest BCUT2D eigenvalue weighted by Gasteiger charge is -2.24. The molecule has 26 heavy (non-hydrogen) atoms. The van der Waals surface area contributed by atoms with Gasteiger partial charge in [-0.1, -0.05) is 41.4 Å². The van der Waals surface area contributed by atoms with E-state index in [2.05, 4.69) is 5.32 Å². The maximum Gasteiger partial charge on any atom is 0.244 e. The van der Waals surface area contributed by atoms with E-state index >= 15 is 0 Å². The van der Waals surface area contributed by atoms with Gasteiger partial charge in [-0.2, -0.15) is 4.31 Å². The van der Waals surface area contributed by atoms with Crippen molar-refractivity contribution in [3.63, 3.8) is 0 Å². The third-order valence-electron chi connectivity index (χ3n) is 4.07. The maximum absolute atomic E-state index is 13.3. The summed E-state index contributed by atoms with van der Waals surface area (Å²) in [6.07, 6.45) is 0. The number of carbonyl (C=O) groups excluding carboxylic acids is 1. The Morgan fingerprint density at radius 3 is 2.12 bits per heavy atom. The van der Waals surface area contributed by atoms with Crippen LogP contribution in [0.25, 0.3) is 0 Å². The summed E-state index contributed by atoms with van der Waals surface area (Å²) in [5.41, 5.74) is 3.08. The fraction of sp³-hybridized carbons (Fsp3) is 0.316. The SMILES string of the molecule is CNC(=O)CN(Cc1ccc(Cl)cc1)S(=O)(=O)c1c(C)cc(C)cc1C. The van der Waals surface area contributed by atoms with Gasteiger partial charge in [0.2, 0.25) is 15.9 Å². The Morgan fingerprint density at radius 2 is 1.62 bits per heavy atom. The standard InChI is InChI=1S/C19H23ClN2O3S/c1-13-9-14(2)19(15(3)10-13)26(24,25)22(12-18(23)21-4)11-16-5-7-17(20)8-6-16/h5-10H,11-12H2,1-4H3,(H,21,23). The largest absolute Gasteiger partial charge is 0.358 e. The Bertz CT molecular complexity index is 886. The van der Waals surface area contributed by atoms with Crippen molar-refractivity contribution < 1.29 is 13.2 Å². The maximum atomic E-state index is 13.3. The summed E-state index contributed by atoms with van der Waals surface area (Å²) >= 11 is 5.90. The lowest BCUT2D eigenvalue weighted by molar-refractivity contribution is -0.120. The number of amides is 1. The molecule has 0 fully saturated rings. The molecule has 7 heteroatoms. The third-order valence-corrected chi connectivity index (χ3v) is 6.42. The number of nitrogens with zero attached hydrogens (tertiary/aromatic N) is 1. The van der Waals surface area contributed by atoms with E-state index in [9.17, 15) is 13.2 Å². The second kappa shape index (κ2) is 8.20. The topological polar surface area (TPSA) is 66.5 Å². The molecule has 140 valence electrons. The lowest BCUT2D eigenvalue weighted by atomic mass is 10.1. The quantitative estimate of drug-likeness (QED) is 0.818. The average molecular weight is 395 g/mol. The highest BCUT2D eigenvalue weighted by Gasteiger charge is 2.29. The molecule has 0 atom stereocenters. The summed E-state index contributed by atoms with van der Waals surface area (Å²) < 4.78 is 27.8. The van der Waals surface area contributed by atoms with Crippen LogP contribution in [0.2, 0.25) is 5.02 Å². The van der Waals surface area contributed by atoms with Crippen molar-refractivity contribution in [3.8, 4) is 0 Å². The molecule has 0 heterocycles. The number of rotatable bonds is 6. The molecule has 2 aromatic rings. The number of carbonyl (C=O) groups is 1. The van der Waals surface area contributed by atoms with E-state index in [0.29, 0.717) is 16.1 Å². The minimum Gasteiger partial charge on any atom is -0.358 e. The van der Waals surface area contributed by atoms with Crippen molar-refractivity contribution >= 4 is 27.5 Å². The smallest absolute Gasteiger partial charge is 0.244 e. The normalized spacial score (nSPS) is 11.6. The van der Waals surface area contributed by atoms with E-state index in [1.54, 1.807) is 38.1 Å². The molecule has 0 aliphatic rings. The molecule has 0 aliphatic carbocycles. The zero-order chi connectivity index (χ0) is 19.5.